The molecule has 0 radical (unpaired) electrons. The number of anilines is 2. The Kier molecular flexibility index (Phi) is 7.81. The molecule has 1 unspecified atom stereocenters. The number of hydrogen-bond acceptors (Lipinski definition) is 4. The molecule has 3 aromatic carbocycles. The summed E-state index contributed by atoms with van der Waals surface area (Å²) in [7, 11) is 0. The van der Waals surface area contributed by atoms with Gasteiger partial charge < -0.3 is 20.3 Å². The number of benzene rings is 3. The maximum absolute atomic E-state index is 12.9. The number of para-hydroxylation sites is 1. The zero-order valence-electron chi connectivity index (χ0n) is 19.5. The van der Waals surface area contributed by atoms with Gasteiger partial charge in [0.15, 0.2) is 0 Å². The Hall–Kier alpha value is -3.80. The number of ether oxygens (including phenoxy) is 1. The molecule has 1 aliphatic heterocycles. The van der Waals surface area contributed by atoms with Gasteiger partial charge in [-0.15, -0.1) is 0 Å². The Morgan fingerprint density at radius 2 is 1.68 bits per heavy atom. The molecule has 1 atom stereocenters. The molecule has 0 aromatic heterocycles. The van der Waals surface area contributed by atoms with Crippen molar-refractivity contribution in [2.24, 2.45) is 0 Å². The number of amides is 2. The van der Waals surface area contributed by atoms with Crippen LogP contribution in [-0.2, 0) is 11.4 Å². The molecule has 1 heterocycles. The minimum atomic E-state index is -0.322. The van der Waals surface area contributed by atoms with Gasteiger partial charge >= 0.3 is 0 Å². The fourth-order valence-corrected chi connectivity index (χ4v) is 4.14. The van der Waals surface area contributed by atoms with Crippen LogP contribution in [0.25, 0.3) is 0 Å². The average Bonchev–Trinajstić information content (AvgIpc) is 3.39. The van der Waals surface area contributed by atoms with E-state index in [4.69, 9.17) is 4.74 Å². The number of nitrogens with zero attached hydrogens (tertiary/aromatic N) is 1. The van der Waals surface area contributed by atoms with E-state index in [2.05, 4.69) is 21.6 Å². The van der Waals surface area contributed by atoms with Crippen molar-refractivity contribution in [3.05, 3.63) is 90.0 Å². The fourth-order valence-electron chi connectivity index (χ4n) is 4.14. The van der Waals surface area contributed by atoms with E-state index in [1.807, 2.05) is 73.7 Å². The summed E-state index contributed by atoms with van der Waals surface area (Å²) < 4.78 is 5.82. The smallest absolute Gasteiger partial charge is 0.251 e. The summed E-state index contributed by atoms with van der Waals surface area (Å²) >= 11 is 0. The van der Waals surface area contributed by atoms with Crippen LogP contribution in [0.15, 0.2) is 78.9 Å². The van der Waals surface area contributed by atoms with E-state index in [9.17, 15) is 9.59 Å². The van der Waals surface area contributed by atoms with Crippen molar-refractivity contribution in [3.8, 4) is 5.75 Å². The van der Waals surface area contributed by atoms with Gasteiger partial charge in [-0.1, -0.05) is 42.5 Å². The van der Waals surface area contributed by atoms with Crippen LogP contribution in [0.1, 0.15) is 42.1 Å². The van der Waals surface area contributed by atoms with Gasteiger partial charge in [0.25, 0.3) is 5.91 Å². The lowest BCUT2D eigenvalue weighted by molar-refractivity contribution is -0.116. The van der Waals surface area contributed by atoms with E-state index in [1.165, 1.54) is 12.8 Å². The molecule has 176 valence electrons. The Morgan fingerprint density at radius 3 is 2.47 bits per heavy atom. The molecule has 1 saturated heterocycles. The second-order valence-corrected chi connectivity index (χ2v) is 8.63. The number of nitrogens with one attached hydrogen (secondary N) is 2. The molecule has 2 N–H and O–H groups in total. The summed E-state index contributed by atoms with van der Waals surface area (Å²) in [5, 5.41) is 5.91. The molecule has 0 spiro atoms. The highest BCUT2D eigenvalue weighted by Crippen LogP contribution is 2.23. The predicted octanol–water partition coefficient (Wildman–Crippen LogP) is 5.01. The second-order valence-electron chi connectivity index (χ2n) is 8.63. The molecule has 4 rings (SSSR count). The lowest BCUT2D eigenvalue weighted by Gasteiger charge is -2.19. The standard InChI is InChI=1S/C28H31N3O3/c1-21(18-27(32)30-23-11-9-12-24(19-23)31-16-7-8-17-31)29-28(33)26-15-6-5-10-22(26)20-34-25-13-3-2-4-14-25/h2-6,9-15,19,21H,7-8,16-18,20H2,1H3,(H,29,33)(H,30,32). The third-order valence-electron chi connectivity index (χ3n) is 5.87. The molecule has 3 aromatic rings. The van der Waals surface area contributed by atoms with Crippen molar-refractivity contribution in [1.29, 1.82) is 0 Å². The minimum Gasteiger partial charge on any atom is -0.489 e. The molecule has 6 nitrogen and oxygen atoms in total. The Morgan fingerprint density at radius 1 is 0.941 bits per heavy atom. The third-order valence-corrected chi connectivity index (χ3v) is 5.87. The molecule has 0 saturated carbocycles. The maximum Gasteiger partial charge on any atom is 0.251 e. The monoisotopic (exact) mass is 457 g/mol. The molecular weight excluding hydrogens is 426 g/mol. The maximum atomic E-state index is 12.9. The summed E-state index contributed by atoms with van der Waals surface area (Å²) in [5.41, 5.74) is 3.24. The first-order chi connectivity index (χ1) is 16.6. The van der Waals surface area contributed by atoms with E-state index in [0.717, 1.165) is 35.8 Å². The van der Waals surface area contributed by atoms with Crippen molar-refractivity contribution < 1.29 is 14.3 Å². The highest BCUT2D eigenvalue weighted by molar-refractivity contribution is 5.97. The van der Waals surface area contributed by atoms with E-state index < -0.39 is 0 Å². The first-order valence-electron chi connectivity index (χ1n) is 11.8. The van der Waals surface area contributed by atoms with Gasteiger partial charge in [0, 0.05) is 48.1 Å². The molecule has 34 heavy (non-hydrogen) atoms. The van der Waals surface area contributed by atoms with Crippen LogP contribution in [0, 0.1) is 0 Å². The normalized spacial score (nSPS) is 13.9. The van der Waals surface area contributed by atoms with Crippen LogP contribution in [-0.4, -0.2) is 30.9 Å². The van der Waals surface area contributed by atoms with Gasteiger partial charge in [-0.2, -0.15) is 0 Å². The van der Waals surface area contributed by atoms with Gasteiger partial charge in [-0.25, -0.2) is 0 Å². The van der Waals surface area contributed by atoms with Gasteiger partial charge in [0.1, 0.15) is 12.4 Å². The Labute approximate surface area is 200 Å². The SMILES string of the molecule is CC(CC(=O)Nc1cccc(N2CCCC2)c1)NC(=O)c1ccccc1COc1ccccc1. The predicted molar refractivity (Wildman–Crippen MR) is 135 cm³/mol. The molecule has 1 aliphatic rings. The highest BCUT2D eigenvalue weighted by Gasteiger charge is 2.17. The van der Waals surface area contributed by atoms with Gasteiger partial charge in [-0.3, -0.25) is 9.59 Å². The Balaban J connectivity index is 1.31. The topological polar surface area (TPSA) is 70.7 Å². The van der Waals surface area contributed by atoms with Crippen molar-refractivity contribution in [2.75, 3.05) is 23.3 Å². The van der Waals surface area contributed by atoms with Crippen molar-refractivity contribution in [2.45, 2.75) is 38.8 Å². The minimum absolute atomic E-state index is 0.132. The van der Waals surface area contributed by atoms with Gasteiger partial charge in [-0.05, 0) is 56.2 Å². The summed E-state index contributed by atoms with van der Waals surface area (Å²) in [6, 6.07) is 24.5. The van der Waals surface area contributed by atoms with Gasteiger partial charge in [0.05, 0.1) is 0 Å². The molecule has 2 amide bonds. The molecule has 1 fully saturated rings. The van der Waals surface area contributed by atoms with Crippen molar-refractivity contribution in [1.82, 2.24) is 5.32 Å². The number of rotatable bonds is 9. The molecule has 0 aliphatic carbocycles. The Bertz CT molecular complexity index is 1110. The fraction of sp³-hybridized carbons (Fsp3) is 0.286. The van der Waals surface area contributed by atoms with Crippen LogP contribution >= 0.6 is 0 Å². The second kappa shape index (κ2) is 11.4. The number of hydrogen-bond donors (Lipinski definition) is 2. The molecule has 0 bridgehead atoms. The van der Waals surface area contributed by atoms with Crippen LogP contribution in [0.2, 0.25) is 0 Å². The average molecular weight is 458 g/mol. The summed E-state index contributed by atoms with van der Waals surface area (Å²) in [5.74, 6) is 0.396. The lowest BCUT2D eigenvalue weighted by atomic mass is 10.1. The van der Waals surface area contributed by atoms with Crippen molar-refractivity contribution >= 4 is 23.2 Å². The largest absolute Gasteiger partial charge is 0.489 e. The summed E-state index contributed by atoms with van der Waals surface area (Å²) in [4.78, 5) is 27.8. The van der Waals surface area contributed by atoms with Crippen LogP contribution in [0.3, 0.4) is 0 Å². The summed E-state index contributed by atoms with van der Waals surface area (Å²) in [6.07, 6.45) is 2.59. The highest BCUT2D eigenvalue weighted by atomic mass is 16.5. The van der Waals surface area contributed by atoms with E-state index in [0.29, 0.717) is 5.56 Å². The first-order valence-corrected chi connectivity index (χ1v) is 11.8. The van der Waals surface area contributed by atoms with E-state index >= 15 is 0 Å². The van der Waals surface area contributed by atoms with Crippen LogP contribution < -0.4 is 20.3 Å². The van der Waals surface area contributed by atoms with E-state index in [-0.39, 0.29) is 30.9 Å². The van der Waals surface area contributed by atoms with Crippen molar-refractivity contribution in [3.63, 3.8) is 0 Å². The zero-order valence-corrected chi connectivity index (χ0v) is 19.5. The first kappa shape index (κ1) is 23.4. The molecular formula is C28H31N3O3. The van der Waals surface area contributed by atoms with Crippen LogP contribution in [0.5, 0.6) is 5.75 Å². The number of carbonyl (C=O) groups is 2. The van der Waals surface area contributed by atoms with E-state index in [1.54, 1.807) is 6.07 Å². The third kappa shape index (κ3) is 6.38. The quantitative estimate of drug-likeness (QED) is 0.474. The zero-order chi connectivity index (χ0) is 23.8. The van der Waals surface area contributed by atoms with Crippen LogP contribution in [0.4, 0.5) is 11.4 Å². The van der Waals surface area contributed by atoms with Gasteiger partial charge in [0.2, 0.25) is 5.91 Å². The number of carbonyl (C=O) groups excluding carboxylic acids is 2. The summed E-state index contributed by atoms with van der Waals surface area (Å²) in [6.45, 7) is 4.23. The lowest BCUT2D eigenvalue weighted by Crippen LogP contribution is -2.36. The molecule has 6 heteroatoms.